The van der Waals surface area contributed by atoms with Crippen molar-refractivity contribution in [2.24, 2.45) is 0 Å². The molecule has 0 aromatic heterocycles. The number of hydrogen-bond donors (Lipinski definition) is 1. The van der Waals surface area contributed by atoms with Gasteiger partial charge in [0.1, 0.15) is 5.82 Å². The first kappa shape index (κ1) is 11.5. The molecule has 1 aromatic carbocycles. The van der Waals surface area contributed by atoms with E-state index in [1.54, 1.807) is 12.1 Å². The predicted molar refractivity (Wildman–Crippen MR) is 58.1 cm³/mol. The molecule has 0 aliphatic rings. The van der Waals surface area contributed by atoms with Crippen LogP contribution in [0.25, 0.3) is 0 Å². The minimum absolute atomic E-state index is 0.133. The van der Waals surface area contributed by atoms with E-state index < -0.39 is 0 Å². The topological polar surface area (TPSA) is 12.0 Å². The van der Waals surface area contributed by atoms with Crippen LogP contribution in [0.3, 0.4) is 0 Å². The lowest BCUT2D eigenvalue weighted by Crippen LogP contribution is -2.15. The Bertz CT molecular complexity index is 339. The maximum absolute atomic E-state index is 13.3. The molecule has 1 aromatic rings. The van der Waals surface area contributed by atoms with E-state index in [4.69, 9.17) is 23.2 Å². The summed E-state index contributed by atoms with van der Waals surface area (Å²) in [6.07, 6.45) is 0. The van der Waals surface area contributed by atoms with Gasteiger partial charge < -0.3 is 5.32 Å². The van der Waals surface area contributed by atoms with Crippen molar-refractivity contribution in [2.45, 2.75) is 6.54 Å². The van der Waals surface area contributed by atoms with Gasteiger partial charge in [-0.2, -0.15) is 0 Å². The summed E-state index contributed by atoms with van der Waals surface area (Å²) >= 11 is 11.1. The van der Waals surface area contributed by atoms with Crippen molar-refractivity contribution in [3.8, 4) is 0 Å². The maximum atomic E-state index is 13.3. The Hall–Kier alpha value is -0.570. The predicted octanol–water partition coefficient (Wildman–Crippen LogP) is 3.32. The highest BCUT2D eigenvalue weighted by Gasteiger charge is 2.04. The van der Waals surface area contributed by atoms with Crippen LogP contribution in [0, 0.1) is 5.82 Å². The first-order valence-electron chi connectivity index (χ1n) is 4.08. The van der Waals surface area contributed by atoms with Crippen LogP contribution in [0.4, 0.5) is 4.39 Å². The van der Waals surface area contributed by atoms with Gasteiger partial charge in [-0.15, -0.1) is 0 Å². The summed E-state index contributed by atoms with van der Waals surface area (Å²) in [6, 6.07) is 4.89. The monoisotopic (exact) mass is 233 g/mol. The zero-order chi connectivity index (χ0) is 10.6. The van der Waals surface area contributed by atoms with Crippen LogP contribution in [0.2, 0.25) is 5.02 Å². The molecule has 14 heavy (non-hydrogen) atoms. The van der Waals surface area contributed by atoms with Crippen LogP contribution in [0.1, 0.15) is 5.56 Å². The highest BCUT2D eigenvalue weighted by Crippen LogP contribution is 2.17. The Labute approximate surface area is 92.5 Å². The van der Waals surface area contributed by atoms with E-state index in [9.17, 15) is 4.39 Å². The highest BCUT2D eigenvalue weighted by molar-refractivity contribution is 6.30. The average molecular weight is 234 g/mol. The number of benzene rings is 1. The lowest BCUT2D eigenvalue weighted by atomic mass is 10.2. The van der Waals surface area contributed by atoms with Crippen LogP contribution in [0.5, 0.6) is 0 Å². The molecule has 0 saturated carbocycles. The normalized spacial score (nSPS) is 10.2. The average Bonchev–Trinajstić information content (AvgIpc) is 2.12. The molecule has 0 radical (unpaired) electrons. The zero-order valence-corrected chi connectivity index (χ0v) is 9.00. The van der Waals surface area contributed by atoms with Crippen molar-refractivity contribution in [1.82, 2.24) is 5.32 Å². The minimum atomic E-state index is -0.387. The van der Waals surface area contributed by atoms with Gasteiger partial charge in [-0.3, -0.25) is 0 Å². The molecule has 0 aliphatic heterocycles. The molecule has 0 amide bonds. The quantitative estimate of drug-likeness (QED) is 0.842. The number of nitrogens with one attached hydrogen (secondary N) is 1. The van der Waals surface area contributed by atoms with Gasteiger partial charge in [-0.25, -0.2) is 4.39 Å². The molecule has 0 bridgehead atoms. The van der Waals surface area contributed by atoms with E-state index in [-0.39, 0.29) is 10.8 Å². The van der Waals surface area contributed by atoms with E-state index in [1.165, 1.54) is 6.07 Å². The Morgan fingerprint density at radius 2 is 2.21 bits per heavy atom. The van der Waals surface area contributed by atoms with Gasteiger partial charge in [0.15, 0.2) is 0 Å². The second-order valence-corrected chi connectivity index (χ2v) is 3.78. The molecule has 0 atom stereocenters. The van der Waals surface area contributed by atoms with Gasteiger partial charge in [-0.05, 0) is 6.07 Å². The van der Waals surface area contributed by atoms with E-state index in [2.05, 4.69) is 11.9 Å². The van der Waals surface area contributed by atoms with Crippen molar-refractivity contribution < 1.29 is 4.39 Å². The van der Waals surface area contributed by atoms with E-state index in [1.807, 2.05) is 0 Å². The highest BCUT2D eigenvalue weighted by atomic mass is 35.5. The summed E-state index contributed by atoms with van der Waals surface area (Å²) in [4.78, 5) is 0. The van der Waals surface area contributed by atoms with Crippen molar-refractivity contribution in [2.75, 3.05) is 6.54 Å². The molecule has 76 valence electrons. The van der Waals surface area contributed by atoms with Crippen LogP contribution < -0.4 is 5.32 Å². The molecule has 4 heteroatoms. The second kappa shape index (κ2) is 5.35. The zero-order valence-electron chi connectivity index (χ0n) is 7.49. The Morgan fingerprint density at radius 3 is 2.86 bits per heavy atom. The van der Waals surface area contributed by atoms with Crippen molar-refractivity contribution in [3.63, 3.8) is 0 Å². The molecule has 1 nitrogen and oxygen atoms in total. The largest absolute Gasteiger partial charge is 0.308 e. The smallest absolute Gasteiger partial charge is 0.146 e. The van der Waals surface area contributed by atoms with Gasteiger partial charge in [0, 0.05) is 23.7 Å². The summed E-state index contributed by atoms with van der Waals surface area (Å²) < 4.78 is 13.3. The number of hydrogen-bond acceptors (Lipinski definition) is 1. The SMILES string of the molecule is C=C(Cl)CNCc1cccc(Cl)c1F. The van der Waals surface area contributed by atoms with Crippen LogP contribution in [-0.4, -0.2) is 6.54 Å². The fraction of sp³-hybridized carbons (Fsp3) is 0.200. The Kier molecular flexibility index (Phi) is 4.39. The fourth-order valence-corrected chi connectivity index (χ4v) is 1.31. The molecule has 0 spiro atoms. The molecule has 0 unspecified atom stereocenters. The van der Waals surface area contributed by atoms with E-state index in [0.717, 1.165) is 0 Å². The third-order valence-corrected chi connectivity index (χ3v) is 2.09. The molecule has 0 aliphatic carbocycles. The van der Waals surface area contributed by atoms with Crippen molar-refractivity contribution >= 4 is 23.2 Å². The van der Waals surface area contributed by atoms with Gasteiger partial charge in [0.25, 0.3) is 0 Å². The number of halogens is 3. The van der Waals surface area contributed by atoms with E-state index in [0.29, 0.717) is 23.7 Å². The minimum Gasteiger partial charge on any atom is -0.308 e. The molecular weight excluding hydrogens is 224 g/mol. The summed E-state index contributed by atoms with van der Waals surface area (Å²) in [5, 5.41) is 3.57. The number of rotatable bonds is 4. The van der Waals surface area contributed by atoms with Crippen LogP contribution in [0.15, 0.2) is 29.8 Å². The summed E-state index contributed by atoms with van der Waals surface area (Å²) in [7, 11) is 0. The third kappa shape index (κ3) is 3.29. The molecule has 0 fully saturated rings. The molecule has 0 heterocycles. The van der Waals surface area contributed by atoms with E-state index >= 15 is 0 Å². The lowest BCUT2D eigenvalue weighted by molar-refractivity contribution is 0.596. The Balaban J connectivity index is 2.59. The van der Waals surface area contributed by atoms with Crippen molar-refractivity contribution in [3.05, 3.63) is 46.2 Å². The summed E-state index contributed by atoms with van der Waals surface area (Å²) in [6.45, 7) is 4.35. The first-order chi connectivity index (χ1) is 6.61. The lowest BCUT2D eigenvalue weighted by Gasteiger charge is -2.05. The molecule has 0 saturated heterocycles. The van der Waals surface area contributed by atoms with Gasteiger partial charge in [0.05, 0.1) is 5.02 Å². The summed E-state index contributed by atoms with van der Waals surface area (Å²) in [5.41, 5.74) is 0.524. The third-order valence-electron chi connectivity index (χ3n) is 1.66. The van der Waals surface area contributed by atoms with Gasteiger partial charge in [-0.1, -0.05) is 41.9 Å². The fourth-order valence-electron chi connectivity index (χ4n) is 1.02. The van der Waals surface area contributed by atoms with Gasteiger partial charge >= 0.3 is 0 Å². The first-order valence-corrected chi connectivity index (χ1v) is 4.83. The molecule has 1 rings (SSSR count). The van der Waals surface area contributed by atoms with Crippen LogP contribution >= 0.6 is 23.2 Å². The van der Waals surface area contributed by atoms with Crippen molar-refractivity contribution in [1.29, 1.82) is 0 Å². The summed E-state index contributed by atoms with van der Waals surface area (Å²) in [5.74, 6) is -0.387. The molecule has 1 N–H and O–H groups in total. The van der Waals surface area contributed by atoms with Gasteiger partial charge in [0.2, 0.25) is 0 Å². The standard InChI is InChI=1S/C10H10Cl2FN/c1-7(11)5-14-6-8-3-2-4-9(12)10(8)13/h2-4,14H,1,5-6H2. The van der Waals surface area contributed by atoms with Crippen LogP contribution in [-0.2, 0) is 6.54 Å². The second-order valence-electron chi connectivity index (χ2n) is 2.83. The molecular formula is C10H10Cl2FN. The maximum Gasteiger partial charge on any atom is 0.146 e. The Morgan fingerprint density at radius 1 is 1.50 bits per heavy atom.